The SMILES string of the molecule is CN(CCn1cccn1)C1CN(c2ccc3nnc(C4CCC4)n3n2)C1. The van der Waals surface area contributed by atoms with Gasteiger partial charge in [-0.3, -0.25) is 9.58 Å². The fraction of sp³-hybridized carbons (Fsp3) is 0.556. The Bertz CT molecular complexity index is 876. The first-order valence-electron chi connectivity index (χ1n) is 9.43. The minimum atomic E-state index is 0.533. The van der Waals surface area contributed by atoms with Gasteiger partial charge in [0.05, 0.1) is 6.54 Å². The molecule has 0 bridgehead atoms. The molecule has 1 saturated carbocycles. The maximum atomic E-state index is 4.83. The van der Waals surface area contributed by atoms with E-state index in [4.69, 9.17) is 5.10 Å². The molecule has 0 atom stereocenters. The Morgan fingerprint density at radius 3 is 2.81 bits per heavy atom. The van der Waals surface area contributed by atoms with Crippen LogP contribution in [-0.4, -0.2) is 67.2 Å². The van der Waals surface area contributed by atoms with Gasteiger partial charge < -0.3 is 4.90 Å². The Morgan fingerprint density at radius 1 is 1.19 bits per heavy atom. The van der Waals surface area contributed by atoms with Crippen molar-refractivity contribution in [3.63, 3.8) is 0 Å². The highest BCUT2D eigenvalue weighted by molar-refractivity contribution is 5.48. The largest absolute Gasteiger partial charge is 0.352 e. The van der Waals surface area contributed by atoms with Crippen molar-refractivity contribution in [1.29, 1.82) is 0 Å². The molecule has 1 saturated heterocycles. The van der Waals surface area contributed by atoms with Gasteiger partial charge in [-0.2, -0.15) is 9.61 Å². The third-order valence-corrected chi connectivity index (χ3v) is 5.79. The highest BCUT2D eigenvalue weighted by Gasteiger charge is 2.31. The van der Waals surface area contributed by atoms with Crippen LogP contribution in [0.2, 0.25) is 0 Å². The molecular formula is C18H24N8. The summed E-state index contributed by atoms with van der Waals surface area (Å²) in [6.45, 7) is 3.95. The van der Waals surface area contributed by atoms with Gasteiger partial charge in [0.1, 0.15) is 5.82 Å². The van der Waals surface area contributed by atoms with Gasteiger partial charge in [0.2, 0.25) is 0 Å². The molecule has 0 unspecified atom stereocenters. The number of fused-ring (bicyclic) bond motifs is 1. The van der Waals surface area contributed by atoms with Gasteiger partial charge in [-0.25, -0.2) is 0 Å². The first-order chi connectivity index (χ1) is 12.8. The van der Waals surface area contributed by atoms with Gasteiger partial charge in [-0.15, -0.1) is 15.3 Å². The van der Waals surface area contributed by atoms with E-state index in [2.05, 4.69) is 38.2 Å². The summed E-state index contributed by atoms with van der Waals surface area (Å²) < 4.78 is 3.93. The Morgan fingerprint density at radius 2 is 2.08 bits per heavy atom. The molecular weight excluding hydrogens is 328 g/mol. The summed E-state index contributed by atoms with van der Waals surface area (Å²) in [5.74, 6) is 2.58. The maximum Gasteiger partial charge on any atom is 0.178 e. The lowest BCUT2D eigenvalue weighted by Gasteiger charge is -2.44. The molecule has 8 heteroatoms. The molecule has 0 spiro atoms. The molecule has 3 aromatic heterocycles. The van der Waals surface area contributed by atoms with Gasteiger partial charge in [0.25, 0.3) is 0 Å². The van der Waals surface area contributed by atoms with Crippen LogP contribution >= 0.6 is 0 Å². The highest BCUT2D eigenvalue weighted by atomic mass is 15.4. The van der Waals surface area contributed by atoms with E-state index in [1.165, 1.54) is 19.3 Å². The fourth-order valence-corrected chi connectivity index (χ4v) is 3.68. The highest BCUT2D eigenvalue weighted by Crippen LogP contribution is 2.35. The summed E-state index contributed by atoms with van der Waals surface area (Å²) in [5.41, 5.74) is 0.851. The van der Waals surface area contributed by atoms with E-state index in [-0.39, 0.29) is 0 Å². The lowest BCUT2D eigenvalue weighted by atomic mass is 9.85. The van der Waals surface area contributed by atoms with Crippen LogP contribution < -0.4 is 4.90 Å². The topological polar surface area (TPSA) is 67.4 Å². The van der Waals surface area contributed by atoms with Gasteiger partial charge in [-0.05, 0) is 38.1 Å². The van der Waals surface area contributed by atoms with Crippen molar-refractivity contribution < 1.29 is 0 Å². The van der Waals surface area contributed by atoms with Crippen LogP contribution in [0, 0.1) is 0 Å². The normalized spacial score (nSPS) is 18.5. The number of likely N-dealkylation sites (N-methyl/N-ethyl adjacent to an activating group) is 1. The van der Waals surface area contributed by atoms with E-state index in [1.54, 1.807) is 0 Å². The number of hydrogen-bond donors (Lipinski definition) is 0. The molecule has 5 rings (SSSR count). The van der Waals surface area contributed by atoms with Crippen LogP contribution in [0.15, 0.2) is 30.6 Å². The fourth-order valence-electron chi connectivity index (χ4n) is 3.68. The first-order valence-corrected chi connectivity index (χ1v) is 9.43. The van der Waals surface area contributed by atoms with Gasteiger partial charge in [0.15, 0.2) is 11.5 Å². The first kappa shape index (κ1) is 15.7. The number of anilines is 1. The molecule has 3 aromatic rings. The standard InChI is InChI=1S/C18H24N8/c1-23(10-11-25-9-3-8-19-25)15-12-24(13-15)17-7-6-16-20-21-18(26(16)22-17)14-4-2-5-14/h3,6-9,14-15H,2,4-5,10-13H2,1H3. The zero-order valence-corrected chi connectivity index (χ0v) is 15.1. The molecule has 0 N–H and O–H groups in total. The van der Waals surface area contributed by atoms with Crippen LogP contribution in [0.1, 0.15) is 31.0 Å². The maximum absolute atomic E-state index is 4.83. The van der Waals surface area contributed by atoms with E-state index in [1.807, 2.05) is 33.7 Å². The quantitative estimate of drug-likeness (QED) is 0.668. The summed E-state index contributed by atoms with van der Waals surface area (Å²) in [7, 11) is 2.19. The second-order valence-corrected chi connectivity index (χ2v) is 7.46. The second-order valence-electron chi connectivity index (χ2n) is 7.46. The monoisotopic (exact) mass is 352 g/mol. The Kier molecular flexibility index (Phi) is 3.85. The van der Waals surface area contributed by atoms with E-state index >= 15 is 0 Å². The molecule has 0 amide bonds. The van der Waals surface area contributed by atoms with E-state index in [0.717, 1.165) is 43.5 Å². The molecule has 0 aromatic carbocycles. The summed E-state index contributed by atoms with van der Waals surface area (Å²) in [6.07, 6.45) is 7.55. The molecule has 8 nitrogen and oxygen atoms in total. The Labute approximate surface area is 152 Å². The van der Waals surface area contributed by atoms with Crippen molar-refractivity contribution in [2.24, 2.45) is 0 Å². The van der Waals surface area contributed by atoms with Crippen molar-refractivity contribution in [1.82, 2.24) is 34.5 Å². The Balaban J connectivity index is 1.22. The van der Waals surface area contributed by atoms with Crippen LogP contribution in [0.5, 0.6) is 0 Å². The van der Waals surface area contributed by atoms with Gasteiger partial charge >= 0.3 is 0 Å². The lowest BCUT2D eigenvalue weighted by Crippen LogP contribution is -2.59. The van der Waals surface area contributed by atoms with Crippen LogP contribution in [0.3, 0.4) is 0 Å². The number of rotatable bonds is 6. The van der Waals surface area contributed by atoms with Gasteiger partial charge in [0, 0.05) is 44.0 Å². The van der Waals surface area contributed by atoms with Crippen molar-refractivity contribution in [3.8, 4) is 0 Å². The van der Waals surface area contributed by atoms with Crippen LogP contribution in [-0.2, 0) is 6.54 Å². The number of hydrogen-bond acceptors (Lipinski definition) is 6. The molecule has 136 valence electrons. The molecule has 2 fully saturated rings. The summed E-state index contributed by atoms with van der Waals surface area (Å²) in [4.78, 5) is 4.74. The summed E-state index contributed by atoms with van der Waals surface area (Å²) in [5, 5.41) is 17.7. The third-order valence-electron chi connectivity index (χ3n) is 5.79. The van der Waals surface area contributed by atoms with Crippen molar-refractivity contribution in [3.05, 3.63) is 36.4 Å². The smallest absolute Gasteiger partial charge is 0.178 e. The molecule has 4 heterocycles. The molecule has 2 aliphatic rings. The zero-order valence-electron chi connectivity index (χ0n) is 15.1. The summed E-state index contributed by atoms with van der Waals surface area (Å²) >= 11 is 0. The average molecular weight is 352 g/mol. The minimum absolute atomic E-state index is 0.533. The van der Waals surface area contributed by atoms with Crippen LogP contribution in [0.4, 0.5) is 5.82 Å². The zero-order chi connectivity index (χ0) is 17.5. The second kappa shape index (κ2) is 6.35. The predicted octanol–water partition coefficient (Wildman–Crippen LogP) is 1.41. The molecule has 1 aliphatic carbocycles. The van der Waals surface area contributed by atoms with Crippen molar-refractivity contribution in [2.75, 3.05) is 31.6 Å². The minimum Gasteiger partial charge on any atom is -0.352 e. The molecule has 0 radical (unpaired) electrons. The third kappa shape index (κ3) is 2.74. The van der Waals surface area contributed by atoms with Crippen molar-refractivity contribution >= 4 is 11.5 Å². The average Bonchev–Trinajstić information content (AvgIpc) is 3.20. The predicted molar refractivity (Wildman–Crippen MR) is 98.2 cm³/mol. The Hall–Kier alpha value is -2.48. The van der Waals surface area contributed by atoms with Crippen molar-refractivity contribution in [2.45, 2.75) is 37.8 Å². The number of aromatic nitrogens is 6. The molecule has 1 aliphatic heterocycles. The number of nitrogens with zero attached hydrogens (tertiary/aromatic N) is 8. The van der Waals surface area contributed by atoms with E-state index in [9.17, 15) is 0 Å². The van der Waals surface area contributed by atoms with Crippen LogP contribution in [0.25, 0.3) is 5.65 Å². The molecule has 26 heavy (non-hydrogen) atoms. The van der Waals surface area contributed by atoms with Gasteiger partial charge in [-0.1, -0.05) is 6.42 Å². The van der Waals surface area contributed by atoms with E-state index in [0.29, 0.717) is 12.0 Å². The summed E-state index contributed by atoms with van der Waals surface area (Å²) in [6, 6.07) is 6.63. The lowest BCUT2D eigenvalue weighted by molar-refractivity contribution is 0.195. The van der Waals surface area contributed by atoms with E-state index < -0.39 is 0 Å².